The van der Waals surface area contributed by atoms with Crippen molar-refractivity contribution in [3.63, 3.8) is 0 Å². The van der Waals surface area contributed by atoms with Gasteiger partial charge in [-0.05, 0) is 24.6 Å². The van der Waals surface area contributed by atoms with Gasteiger partial charge >= 0.3 is 0 Å². The van der Waals surface area contributed by atoms with Crippen LogP contribution in [0.25, 0.3) is 6.08 Å². The molecule has 1 aromatic rings. The monoisotopic (exact) mass is 274 g/mol. The van der Waals surface area contributed by atoms with Crippen LogP contribution in [0.4, 0.5) is 0 Å². The van der Waals surface area contributed by atoms with Gasteiger partial charge in [-0.2, -0.15) is 0 Å². The summed E-state index contributed by atoms with van der Waals surface area (Å²) in [5.41, 5.74) is 1.04. The summed E-state index contributed by atoms with van der Waals surface area (Å²) in [6.45, 7) is 4.19. The fourth-order valence-corrected chi connectivity index (χ4v) is 2.39. The van der Waals surface area contributed by atoms with Crippen LogP contribution in [-0.4, -0.2) is 60.1 Å². The van der Waals surface area contributed by atoms with Crippen molar-refractivity contribution in [1.29, 1.82) is 0 Å². The van der Waals surface area contributed by atoms with Crippen molar-refractivity contribution < 1.29 is 9.90 Å². The molecule has 0 saturated carbocycles. The number of amides is 1. The zero-order valence-electron chi connectivity index (χ0n) is 11.7. The Kier molecular flexibility index (Phi) is 5.77. The van der Waals surface area contributed by atoms with Crippen molar-refractivity contribution >= 4 is 12.0 Å². The Morgan fingerprint density at radius 2 is 1.95 bits per heavy atom. The summed E-state index contributed by atoms with van der Waals surface area (Å²) in [6.07, 6.45) is 4.47. The first-order valence-corrected chi connectivity index (χ1v) is 7.15. The lowest BCUT2D eigenvalue weighted by atomic mass is 10.2. The molecule has 0 aliphatic carbocycles. The van der Waals surface area contributed by atoms with E-state index in [9.17, 15) is 4.79 Å². The van der Waals surface area contributed by atoms with Crippen LogP contribution in [0.1, 0.15) is 12.0 Å². The highest BCUT2D eigenvalue weighted by molar-refractivity contribution is 5.91. The Morgan fingerprint density at radius 1 is 1.15 bits per heavy atom. The van der Waals surface area contributed by atoms with Crippen molar-refractivity contribution in [3.8, 4) is 0 Å². The predicted octanol–water partition coefficient (Wildman–Crippen LogP) is 1.23. The van der Waals surface area contributed by atoms with Crippen molar-refractivity contribution in [2.75, 3.05) is 39.3 Å². The minimum atomic E-state index is 0.0692. The SMILES string of the molecule is O=C(C=Cc1ccccc1)N1CCCN(CCO)CC1. The lowest BCUT2D eigenvalue weighted by molar-refractivity contribution is -0.125. The summed E-state index contributed by atoms with van der Waals surface area (Å²) in [5, 5.41) is 8.96. The second-order valence-electron chi connectivity index (χ2n) is 4.99. The van der Waals surface area contributed by atoms with E-state index >= 15 is 0 Å². The quantitative estimate of drug-likeness (QED) is 0.840. The normalized spacial score (nSPS) is 17.4. The van der Waals surface area contributed by atoms with Gasteiger partial charge in [-0.3, -0.25) is 9.69 Å². The third-order valence-electron chi connectivity index (χ3n) is 3.53. The highest BCUT2D eigenvalue weighted by atomic mass is 16.3. The van der Waals surface area contributed by atoms with E-state index in [2.05, 4.69) is 4.90 Å². The molecule has 1 saturated heterocycles. The molecule has 1 fully saturated rings. The van der Waals surface area contributed by atoms with Gasteiger partial charge in [0.1, 0.15) is 0 Å². The first-order valence-electron chi connectivity index (χ1n) is 7.15. The number of rotatable bonds is 4. The molecule has 0 atom stereocenters. The van der Waals surface area contributed by atoms with Gasteiger partial charge in [-0.25, -0.2) is 0 Å². The van der Waals surface area contributed by atoms with Gasteiger partial charge in [0.2, 0.25) is 5.91 Å². The van der Waals surface area contributed by atoms with Gasteiger partial charge in [0.05, 0.1) is 6.61 Å². The molecule has 1 heterocycles. The molecule has 20 heavy (non-hydrogen) atoms. The molecule has 4 heteroatoms. The number of hydrogen-bond acceptors (Lipinski definition) is 3. The Morgan fingerprint density at radius 3 is 2.70 bits per heavy atom. The zero-order valence-corrected chi connectivity index (χ0v) is 11.7. The Bertz CT molecular complexity index is 445. The molecule has 1 aliphatic heterocycles. The van der Waals surface area contributed by atoms with Crippen molar-refractivity contribution in [3.05, 3.63) is 42.0 Å². The van der Waals surface area contributed by atoms with Crippen LogP contribution in [0.5, 0.6) is 0 Å². The molecule has 2 rings (SSSR count). The van der Waals surface area contributed by atoms with E-state index in [1.54, 1.807) is 6.08 Å². The number of aliphatic hydroxyl groups is 1. The van der Waals surface area contributed by atoms with E-state index in [4.69, 9.17) is 5.11 Å². The van der Waals surface area contributed by atoms with E-state index in [0.29, 0.717) is 6.54 Å². The number of carbonyl (C=O) groups is 1. The molecule has 1 aromatic carbocycles. The minimum Gasteiger partial charge on any atom is -0.395 e. The molecule has 1 aliphatic rings. The highest BCUT2D eigenvalue weighted by Gasteiger charge is 2.16. The summed E-state index contributed by atoms with van der Waals surface area (Å²) in [5.74, 6) is 0.0692. The Hall–Kier alpha value is -1.65. The summed E-state index contributed by atoms with van der Waals surface area (Å²) in [4.78, 5) is 16.2. The lowest BCUT2D eigenvalue weighted by Gasteiger charge is -2.20. The van der Waals surface area contributed by atoms with Crippen LogP contribution in [-0.2, 0) is 4.79 Å². The van der Waals surface area contributed by atoms with E-state index in [1.165, 1.54) is 0 Å². The molecular formula is C16H22N2O2. The molecule has 1 amide bonds. The summed E-state index contributed by atoms with van der Waals surface area (Å²) in [7, 11) is 0. The fraction of sp³-hybridized carbons (Fsp3) is 0.438. The molecule has 0 spiro atoms. The van der Waals surface area contributed by atoms with E-state index < -0.39 is 0 Å². The average Bonchev–Trinajstić information content (AvgIpc) is 2.72. The summed E-state index contributed by atoms with van der Waals surface area (Å²) >= 11 is 0. The summed E-state index contributed by atoms with van der Waals surface area (Å²) in [6, 6.07) is 9.85. The molecular weight excluding hydrogens is 252 g/mol. The van der Waals surface area contributed by atoms with Gasteiger partial charge in [0.25, 0.3) is 0 Å². The fourth-order valence-electron chi connectivity index (χ4n) is 2.39. The maximum Gasteiger partial charge on any atom is 0.246 e. The third kappa shape index (κ3) is 4.47. The number of aliphatic hydroxyl groups excluding tert-OH is 1. The second kappa shape index (κ2) is 7.82. The lowest BCUT2D eigenvalue weighted by Crippen LogP contribution is -2.35. The van der Waals surface area contributed by atoms with Gasteiger partial charge < -0.3 is 10.0 Å². The molecule has 1 N–H and O–H groups in total. The van der Waals surface area contributed by atoms with Crippen LogP contribution >= 0.6 is 0 Å². The zero-order chi connectivity index (χ0) is 14.2. The molecule has 4 nitrogen and oxygen atoms in total. The Balaban J connectivity index is 1.88. The number of hydrogen-bond donors (Lipinski definition) is 1. The molecule has 108 valence electrons. The van der Waals surface area contributed by atoms with Gasteiger partial charge in [0.15, 0.2) is 0 Å². The van der Waals surface area contributed by atoms with Crippen molar-refractivity contribution in [2.45, 2.75) is 6.42 Å². The third-order valence-corrected chi connectivity index (χ3v) is 3.53. The van der Waals surface area contributed by atoms with E-state index in [-0.39, 0.29) is 12.5 Å². The van der Waals surface area contributed by atoms with E-state index in [1.807, 2.05) is 41.3 Å². The van der Waals surface area contributed by atoms with Crippen LogP contribution in [0.15, 0.2) is 36.4 Å². The number of carbonyl (C=O) groups excluding carboxylic acids is 1. The standard InChI is InChI=1S/C16H22N2O2/c19-14-13-17-9-4-10-18(12-11-17)16(20)8-7-15-5-2-1-3-6-15/h1-3,5-8,19H,4,9-14H2. The molecule has 0 unspecified atom stereocenters. The van der Waals surface area contributed by atoms with Crippen LogP contribution in [0.2, 0.25) is 0 Å². The topological polar surface area (TPSA) is 43.8 Å². The number of nitrogens with zero attached hydrogens (tertiary/aromatic N) is 2. The number of benzene rings is 1. The van der Waals surface area contributed by atoms with Crippen LogP contribution in [0, 0.1) is 0 Å². The first-order chi connectivity index (χ1) is 9.79. The average molecular weight is 274 g/mol. The van der Waals surface area contributed by atoms with Gasteiger partial charge in [-0.1, -0.05) is 30.3 Å². The number of β-amino-alcohol motifs (C(OH)–C–C–N with tert-alkyl or cyclic N) is 1. The van der Waals surface area contributed by atoms with Gasteiger partial charge in [-0.15, -0.1) is 0 Å². The van der Waals surface area contributed by atoms with Crippen LogP contribution in [0.3, 0.4) is 0 Å². The van der Waals surface area contributed by atoms with Gasteiger partial charge in [0, 0.05) is 32.3 Å². The molecule has 0 bridgehead atoms. The highest BCUT2D eigenvalue weighted by Crippen LogP contribution is 2.06. The second-order valence-corrected chi connectivity index (χ2v) is 4.99. The summed E-state index contributed by atoms with van der Waals surface area (Å²) < 4.78 is 0. The first kappa shape index (κ1) is 14.8. The molecule has 0 aromatic heterocycles. The van der Waals surface area contributed by atoms with E-state index in [0.717, 1.165) is 38.2 Å². The maximum absolute atomic E-state index is 12.2. The van der Waals surface area contributed by atoms with Crippen LogP contribution < -0.4 is 0 Å². The predicted molar refractivity (Wildman–Crippen MR) is 80.2 cm³/mol. The maximum atomic E-state index is 12.2. The van der Waals surface area contributed by atoms with Crippen molar-refractivity contribution in [1.82, 2.24) is 9.80 Å². The molecule has 0 radical (unpaired) electrons. The smallest absolute Gasteiger partial charge is 0.246 e. The largest absolute Gasteiger partial charge is 0.395 e. The van der Waals surface area contributed by atoms with Crippen molar-refractivity contribution in [2.24, 2.45) is 0 Å². The Labute approximate surface area is 120 Å². The minimum absolute atomic E-state index is 0.0692.